The van der Waals surface area contributed by atoms with Crippen LogP contribution in [0.2, 0.25) is 0 Å². The van der Waals surface area contributed by atoms with Gasteiger partial charge in [-0.05, 0) is 109 Å². The molecule has 0 aliphatic heterocycles. The van der Waals surface area contributed by atoms with E-state index in [4.69, 9.17) is 14.2 Å². The predicted molar refractivity (Wildman–Crippen MR) is 353 cm³/mol. The van der Waals surface area contributed by atoms with E-state index in [1.165, 1.54) is 238 Å². The molecule has 0 N–H and O–H groups in total. The van der Waals surface area contributed by atoms with Crippen molar-refractivity contribution in [1.82, 2.24) is 0 Å². The van der Waals surface area contributed by atoms with Gasteiger partial charge in [0.05, 0.1) is 0 Å². The van der Waals surface area contributed by atoms with Gasteiger partial charge in [0.25, 0.3) is 0 Å². The second-order valence-corrected chi connectivity index (χ2v) is 23.8. The highest BCUT2D eigenvalue weighted by Crippen LogP contribution is 2.18. The number of hydrogen-bond acceptors (Lipinski definition) is 6. The molecular formula is C75H134O6. The van der Waals surface area contributed by atoms with Gasteiger partial charge in [-0.3, -0.25) is 14.4 Å². The smallest absolute Gasteiger partial charge is 0.306 e. The molecule has 81 heavy (non-hydrogen) atoms. The van der Waals surface area contributed by atoms with E-state index in [-0.39, 0.29) is 31.1 Å². The number of ether oxygens (including phenoxy) is 3. The van der Waals surface area contributed by atoms with Crippen molar-refractivity contribution in [1.29, 1.82) is 0 Å². The SMILES string of the molecule is CC/C=C\C/C=C\C/C=C\CCCCCC(=O)OCC(COC(=O)CCCCCCCCCCCCCCCCC/C=C\C/C=C\CCCCCCC)OC(=O)CCCCCCCCCCCCC/C=C\CCCCCCCCCC. The van der Waals surface area contributed by atoms with Crippen LogP contribution in [0.1, 0.15) is 367 Å². The van der Waals surface area contributed by atoms with Crippen LogP contribution in [0.5, 0.6) is 0 Å². The van der Waals surface area contributed by atoms with Gasteiger partial charge >= 0.3 is 17.9 Å². The third kappa shape index (κ3) is 67.5. The number of hydrogen-bond donors (Lipinski definition) is 0. The van der Waals surface area contributed by atoms with Gasteiger partial charge in [-0.1, -0.05) is 312 Å². The lowest BCUT2D eigenvalue weighted by Crippen LogP contribution is -2.30. The summed E-state index contributed by atoms with van der Waals surface area (Å²) in [7, 11) is 0. The van der Waals surface area contributed by atoms with E-state index >= 15 is 0 Å². The standard InChI is InChI=1S/C75H134O6/c1-4-7-10-13-16-19-22-25-27-29-31-33-35-36-37-38-40-41-43-45-47-50-53-56-59-62-65-68-74(77)80-71-72(70-79-73(76)67-64-61-58-55-52-49-24-21-18-15-12-9-6-3)81-75(78)69-66-63-60-57-54-51-48-46-44-42-39-34-32-30-28-26-23-20-17-14-11-8-5-2/h9,12,18,21-22,25,29-32,49,52,72H,4-8,10-11,13-17,19-20,23-24,26-28,33-48,50-51,53-71H2,1-3H3/b12-9-,21-18-,25-22-,31-29-,32-30-,52-49-. The Morgan fingerprint density at radius 2 is 0.481 bits per heavy atom. The molecule has 1 unspecified atom stereocenters. The molecule has 0 bridgehead atoms. The quantitative estimate of drug-likeness (QED) is 0.0261. The van der Waals surface area contributed by atoms with Crippen LogP contribution in [0.4, 0.5) is 0 Å². The van der Waals surface area contributed by atoms with Crippen molar-refractivity contribution in [2.75, 3.05) is 13.2 Å². The lowest BCUT2D eigenvalue weighted by molar-refractivity contribution is -0.167. The molecule has 0 aliphatic carbocycles. The third-order valence-corrected chi connectivity index (χ3v) is 15.7. The molecule has 0 rings (SSSR count). The topological polar surface area (TPSA) is 78.9 Å². The number of carbonyl (C=O) groups excluding carboxylic acids is 3. The van der Waals surface area contributed by atoms with E-state index in [0.29, 0.717) is 19.3 Å². The van der Waals surface area contributed by atoms with E-state index in [0.717, 1.165) is 89.9 Å². The van der Waals surface area contributed by atoms with Gasteiger partial charge in [-0.2, -0.15) is 0 Å². The van der Waals surface area contributed by atoms with Crippen molar-refractivity contribution in [3.63, 3.8) is 0 Å². The summed E-state index contributed by atoms with van der Waals surface area (Å²) >= 11 is 0. The van der Waals surface area contributed by atoms with Gasteiger partial charge in [-0.15, -0.1) is 0 Å². The van der Waals surface area contributed by atoms with Gasteiger partial charge in [0.2, 0.25) is 0 Å². The van der Waals surface area contributed by atoms with E-state index in [1.807, 2.05) is 0 Å². The van der Waals surface area contributed by atoms with Crippen LogP contribution >= 0.6 is 0 Å². The van der Waals surface area contributed by atoms with Gasteiger partial charge in [-0.25, -0.2) is 0 Å². The highest BCUT2D eigenvalue weighted by atomic mass is 16.6. The molecule has 0 heterocycles. The van der Waals surface area contributed by atoms with E-state index in [2.05, 4.69) is 93.7 Å². The van der Waals surface area contributed by atoms with Crippen molar-refractivity contribution in [2.24, 2.45) is 0 Å². The van der Waals surface area contributed by atoms with Crippen LogP contribution in [0.25, 0.3) is 0 Å². The van der Waals surface area contributed by atoms with E-state index in [1.54, 1.807) is 0 Å². The molecule has 0 aromatic carbocycles. The molecule has 0 spiro atoms. The zero-order valence-electron chi connectivity index (χ0n) is 54.1. The molecule has 0 fully saturated rings. The number of carbonyl (C=O) groups is 3. The van der Waals surface area contributed by atoms with Gasteiger partial charge < -0.3 is 14.2 Å². The molecule has 6 nitrogen and oxygen atoms in total. The van der Waals surface area contributed by atoms with Gasteiger partial charge in [0.15, 0.2) is 6.10 Å². The summed E-state index contributed by atoms with van der Waals surface area (Å²) in [5.41, 5.74) is 0. The number of rotatable bonds is 65. The van der Waals surface area contributed by atoms with Crippen molar-refractivity contribution in [3.8, 4) is 0 Å². The second kappa shape index (κ2) is 69.3. The van der Waals surface area contributed by atoms with Crippen molar-refractivity contribution >= 4 is 17.9 Å². The molecule has 6 heteroatoms. The minimum Gasteiger partial charge on any atom is -0.462 e. The minimum atomic E-state index is -0.789. The van der Waals surface area contributed by atoms with Crippen LogP contribution < -0.4 is 0 Å². The van der Waals surface area contributed by atoms with Crippen molar-refractivity contribution < 1.29 is 28.6 Å². The largest absolute Gasteiger partial charge is 0.462 e. The van der Waals surface area contributed by atoms with Crippen molar-refractivity contribution in [2.45, 2.75) is 374 Å². The molecule has 0 saturated carbocycles. The maximum absolute atomic E-state index is 12.9. The molecule has 0 amide bonds. The summed E-state index contributed by atoms with van der Waals surface area (Å²) in [5, 5.41) is 0. The summed E-state index contributed by atoms with van der Waals surface area (Å²) in [6.45, 7) is 6.54. The monoisotopic (exact) mass is 1130 g/mol. The number of esters is 3. The summed E-state index contributed by atoms with van der Waals surface area (Å²) in [6, 6.07) is 0. The second-order valence-electron chi connectivity index (χ2n) is 23.8. The number of unbranched alkanes of at least 4 members (excludes halogenated alkanes) is 42. The highest BCUT2D eigenvalue weighted by Gasteiger charge is 2.19. The summed E-state index contributed by atoms with van der Waals surface area (Å²) in [4.78, 5) is 38.4. The fourth-order valence-corrected chi connectivity index (χ4v) is 10.4. The molecule has 0 aromatic heterocycles. The normalized spacial score (nSPS) is 12.5. The van der Waals surface area contributed by atoms with Crippen LogP contribution in [0, 0.1) is 0 Å². The molecule has 470 valence electrons. The Balaban J connectivity index is 4.25. The fraction of sp³-hybridized carbons (Fsp3) is 0.800. The first-order valence-electron chi connectivity index (χ1n) is 35.4. The zero-order chi connectivity index (χ0) is 58.5. The Kier molecular flexibility index (Phi) is 66.6. The fourth-order valence-electron chi connectivity index (χ4n) is 10.4. The zero-order valence-corrected chi connectivity index (χ0v) is 54.1. The number of allylic oxidation sites excluding steroid dienone is 12. The lowest BCUT2D eigenvalue weighted by atomic mass is 10.0. The predicted octanol–water partition coefficient (Wildman–Crippen LogP) is 24.4. The minimum absolute atomic E-state index is 0.0824. The van der Waals surface area contributed by atoms with Crippen LogP contribution in [0.15, 0.2) is 72.9 Å². The summed E-state index contributed by atoms with van der Waals surface area (Å²) in [5.74, 6) is -0.895. The van der Waals surface area contributed by atoms with Gasteiger partial charge in [0.1, 0.15) is 13.2 Å². The maximum Gasteiger partial charge on any atom is 0.306 e. The average Bonchev–Trinajstić information content (AvgIpc) is 3.46. The Labute approximate surface area is 503 Å². The van der Waals surface area contributed by atoms with Crippen LogP contribution in [-0.4, -0.2) is 37.2 Å². The Bertz CT molecular complexity index is 1490. The highest BCUT2D eigenvalue weighted by molar-refractivity contribution is 5.71. The maximum atomic E-state index is 12.9. The molecular weight excluding hydrogens is 997 g/mol. The lowest BCUT2D eigenvalue weighted by Gasteiger charge is -2.18. The first kappa shape index (κ1) is 77.9. The van der Waals surface area contributed by atoms with Crippen LogP contribution in [-0.2, 0) is 28.6 Å². The first-order chi connectivity index (χ1) is 40.0. The van der Waals surface area contributed by atoms with E-state index in [9.17, 15) is 14.4 Å². The third-order valence-electron chi connectivity index (χ3n) is 15.7. The van der Waals surface area contributed by atoms with E-state index < -0.39 is 6.10 Å². The van der Waals surface area contributed by atoms with Crippen molar-refractivity contribution in [3.05, 3.63) is 72.9 Å². The Morgan fingerprint density at radius 1 is 0.259 bits per heavy atom. The average molecular weight is 1130 g/mol. The molecule has 0 aromatic rings. The van der Waals surface area contributed by atoms with Gasteiger partial charge in [0, 0.05) is 19.3 Å². The first-order valence-corrected chi connectivity index (χ1v) is 35.4. The molecule has 0 radical (unpaired) electrons. The molecule has 0 saturated heterocycles. The molecule has 0 aliphatic rings. The Hall–Kier alpha value is -3.15. The molecule has 1 atom stereocenters. The summed E-state index contributed by atoms with van der Waals surface area (Å²) in [6.07, 6.45) is 90.8. The summed E-state index contributed by atoms with van der Waals surface area (Å²) < 4.78 is 17.0. The Morgan fingerprint density at radius 3 is 0.778 bits per heavy atom. The van der Waals surface area contributed by atoms with Crippen LogP contribution in [0.3, 0.4) is 0 Å².